The summed E-state index contributed by atoms with van der Waals surface area (Å²) in [6, 6.07) is 1.09. The zero-order valence-electron chi connectivity index (χ0n) is 14.2. The van der Waals surface area contributed by atoms with Crippen molar-refractivity contribution in [1.29, 1.82) is 0 Å². The Balaban J connectivity index is 2.16. The lowest BCUT2D eigenvalue weighted by atomic mass is 9.65. The minimum absolute atomic E-state index is 0.0871. The Morgan fingerprint density at radius 2 is 1.87 bits per heavy atom. The van der Waals surface area contributed by atoms with Crippen LogP contribution in [0.3, 0.4) is 0 Å². The number of hydrogen-bond donors (Lipinski definition) is 1. The molecule has 1 saturated heterocycles. The highest BCUT2D eigenvalue weighted by atomic mass is 19.1. The van der Waals surface area contributed by atoms with Crippen LogP contribution in [0, 0.1) is 23.0 Å². The third kappa shape index (κ3) is 2.28. The van der Waals surface area contributed by atoms with Crippen molar-refractivity contribution in [2.45, 2.75) is 38.7 Å². The molecule has 23 heavy (non-hydrogen) atoms. The highest BCUT2D eigenvalue weighted by Gasteiger charge is 2.58. The van der Waals surface area contributed by atoms with Crippen molar-refractivity contribution in [1.82, 2.24) is 4.90 Å². The summed E-state index contributed by atoms with van der Waals surface area (Å²) in [4.78, 5) is 2.20. The van der Waals surface area contributed by atoms with E-state index in [0.717, 1.165) is 32.0 Å². The van der Waals surface area contributed by atoms with E-state index < -0.39 is 22.7 Å². The molecule has 128 valence electrons. The van der Waals surface area contributed by atoms with Gasteiger partial charge in [0.05, 0.1) is 7.11 Å². The summed E-state index contributed by atoms with van der Waals surface area (Å²) < 4.78 is 34.4. The molecule has 0 saturated carbocycles. The van der Waals surface area contributed by atoms with Gasteiger partial charge in [-0.15, -0.1) is 0 Å². The van der Waals surface area contributed by atoms with Gasteiger partial charge in [0.1, 0.15) is 11.4 Å². The number of ether oxygens (including phenoxy) is 1. The van der Waals surface area contributed by atoms with E-state index in [4.69, 9.17) is 4.74 Å². The maximum Gasteiger partial charge on any atom is 0.171 e. The van der Waals surface area contributed by atoms with Gasteiger partial charge in [-0.05, 0) is 50.9 Å². The topological polar surface area (TPSA) is 32.7 Å². The van der Waals surface area contributed by atoms with E-state index in [1.165, 1.54) is 7.11 Å². The number of benzene rings is 1. The van der Waals surface area contributed by atoms with Crippen molar-refractivity contribution in [3.63, 3.8) is 0 Å². The van der Waals surface area contributed by atoms with E-state index in [1.807, 2.05) is 20.9 Å². The van der Waals surface area contributed by atoms with Crippen LogP contribution in [0.2, 0.25) is 0 Å². The molecule has 1 heterocycles. The fourth-order valence-electron chi connectivity index (χ4n) is 4.46. The highest BCUT2D eigenvalue weighted by Crippen LogP contribution is 2.58. The molecule has 1 N–H and O–H groups in total. The number of fused-ring (bicyclic) bond motifs is 1. The maximum absolute atomic E-state index is 15.0. The number of rotatable bonds is 2. The molecule has 1 aromatic carbocycles. The summed E-state index contributed by atoms with van der Waals surface area (Å²) in [6.45, 7) is 5.51. The predicted octanol–water partition coefficient (Wildman–Crippen LogP) is 3.09. The van der Waals surface area contributed by atoms with Crippen LogP contribution in [0.5, 0.6) is 5.75 Å². The number of piperidine rings is 1. The Bertz CT molecular complexity index is 624. The van der Waals surface area contributed by atoms with E-state index >= 15 is 0 Å². The van der Waals surface area contributed by atoms with Crippen LogP contribution >= 0.6 is 0 Å². The van der Waals surface area contributed by atoms with E-state index in [1.54, 1.807) is 0 Å². The van der Waals surface area contributed by atoms with Crippen LogP contribution in [-0.4, -0.2) is 37.3 Å². The Kier molecular flexibility index (Phi) is 3.92. The van der Waals surface area contributed by atoms with Crippen LogP contribution in [-0.2, 0) is 12.0 Å². The second kappa shape index (κ2) is 5.42. The Hall–Kier alpha value is -1.20. The first kappa shape index (κ1) is 16.7. The van der Waals surface area contributed by atoms with E-state index in [9.17, 15) is 13.9 Å². The van der Waals surface area contributed by atoms with Crippen LogP contribution < -0.4 is 4.74 Å². The predicted molar refractivity (Wildman–Crippen MR) is 84.5 cm³/mol. The largest absolute Gasteiger partial charge is 0.494 e. The van der Waals surface area contributed by atoms with Crippen LogP contribution in [0.15, 0.2) is 6.07 Å². The van der Waals surface area contributed by atoms with Crippen molar-refractivity contribution in [2.24, 2.45) is 11.3 Å². The van der Waals surface area contributed by atoms with E-state index in [-0.39, 0.29) is 17.2 Å². The highest BCUT2D eigenvalue weighted by molar-refractivity contribution is 5.48. The third-order valence-electron chi connectivity index (χ3n) is 5.84. The number of likely N-dealkylation sites (tertiary alicyclic amines) is 1. The molecule has 1 aliphatic heterocycles. The van der Waals surface area contributed by atoms with Crippen molar-refractivity contribution in [2.75, 3.05) is 27.2 Å². The van der Waals surface area contributed by atoms with Gasteiger partial charge in [-0.1, -0.05) is 13.8 Å². The van der Waals surface area contributed by atoms with Gasteiger partial charge in [0.2, 0.25) is 0 Å². The fourth-order valence-corrected chi connectivity index (χ4v) is 4.46. The summed E-state index contributed by atoms with van der Waals surface area (Å²) >= 11 is 0. The van der Waals surface area contributed by atoms with Gasteiger partial charge in [-0.25, -0.2) is 8.78 Å². The molecule has 1 aliphatic carbocycles. The summed E-state index contributed by atoms with van der Waals surface area (Å²) in [5.74, 6) is -1.33. The lowest BCUT2D eigenvalue weighted by Gasteiger charge is -2.46. The van der Waals surface area contributed by atoms with Gasteiger partial charge in [-0.3, -0.25) is 0 Å². The van der Waals surface area contributed by atoms with Gasteiger partial charge in [0.15, 0.2) is 11.6 Å². The molecule has 1 atom stereocenters. The Morgan fingerprint density at radius 3 is 2.43 bits per heavy atom. The molecule has 0 amide bonds. The van der Waals surface area contributed by atoms with Crippen LogP contribution in [0.1, 0.15) is 37.8 Å². The Morgan fingerprint density at radius 1 is 1.26 bits per heavy atom. The second-order valence-electron chi connectivity index (χ2n) is 7.63. The average molecular weight is 325 g/mol. The average Bonchev–Trinajstić information content (AvgIpc) is 2.72. The number of hydrogen-bond acceptors (Lipinski definition) is 3. The number of aliphatic hydroxyl groups is 1. The molecule has 1 fully saturated rings. The molecule has 0 radical (unpaired) electrons. The van der Waals surface area contributed by atoms with E-state index in [2.05, 4.69) is 4.90 Å². The number of halogens is 2. The molecule has 1 aromatic rings. The van der Waals surface area contributed by atoms with Crippen molar-refractivity contribution >= 4 is 0 Å². The fraction of sp³-hybridized carbons (Fsp3) is 0.667. The third-order valence-corrected chi connectivity index (χ3v) is 5.84. The van der Waals surface area contributed by atoms with E-state index in [0.29, 0.717) is 12.0 Å². The molecular formula is C18H25F2NO2. The lowest BCUT2D eigenvalue weighted by molar-refractivity contribution is -0.123. The van der Waals surface area contributed by atoms with Gasteiger partial charge in [0, 0.05) is 17.0 Å². The van der Waals surface area contributed by atoms with Gasteiger partial charge >= 0.3 is 0 Å². The van der Waals surface area contributed by atoms with Gasteiger partial charge in [0.25, 0.3) is 0 Å². The monoisotopic (exact) mass is 325 g/mol. The molecule has 3 rings (SSSR count). The zero-order valence-corrected chi connectivity index (χ0v) is 14.2. The smallest absolute Gasteiger partial charge is 0.171 e. The molecule has 0 aromatic heterocycles. The zero-order chi connectivity index (χ0) is 17.0. The molecule has 3 nitrogen and oxygen atoms in total. The molecular weight excluding hydrogens is 300 g/mol. The first-order chi connectivity index (χ1) is 10.7. The molecule has 0 spiro atoms. The summed E-state index contributed by atoms with van der Waals surface area (Å²) in [7, 11) is 3.36. The first-order valence-corrected chi connectivity index (χ1v) is 8.18. The number of nitrogens with zero attached hydrogens (tertiary/aromatic N) is 1. The first-order valence-electron chi connectivity index (χ1n) is 8.18. The lowest BCUT2D eigenvalue weighted by Crippen LogP contribution is -2.49. The standard InChI is InChI=1S/C18H25F2NO2/c1-17(2)10-12-13(19)9-14(23-4)16(20)15(12)18(17,22)11-5-7-21(3)8-6-11/h9,11,22H,5-8,10H2,1-4H3. The van der Waals surface area contributed by atoms with Crippen LogP contribution in [0.25, 0.3) is 0 Å². The quantitative estimate of drug-likeness (QED) is 0.907. The SMILES string of the molecule is COc1cc(F)c2c(c1F)C(O)(C1CCN(C)CC1)C(C)(C)C2. The minimum atomic E-state index is -1.37. The molecule has 1 unspecified atom stereocenters. The molecule has 5 heteroatoms. The number of methoxy groups -OCH3 is 1. The summed E-state index contributed by atoms with van der Waals surface area (Å²) in [5.41, 5.74) is -1.57. The molecule has 2 aliphatic rings. The molecule has 0 bridgehead atoms. The summed E-state index contributed by atoms with van der Waals surface area (Å²) in [6.07, 6.45) is 1.88. The van der Waals surface area contributed by atoms with Gasteiger partial charge < -0.3 is 14.7 Å². The van der Waals surface area contributed by atoms with Crippen LogP contribution in [0.4, 0.5) is 8.78 Å². The van der Waals surface area contributed by atoms with Crippen molar-refractivity contribution in [3.05, 3.63) is 28.8 Å². The second-order valence-corrected chi connectivity index (χ2v) is 7.63. The van der Waals surface area contributed by atoms with Crippen molar-refractivity contribution in [3.8, 4) is 5.75 Å². The summed E-state index contributed by atoms with van der Waals surface area (Å²) in [5, 5.41) is 11.6. The van der Waals surface area contributed by atoms with Gasteiger partial charge in [-0.2, -0.15) is 0 Å². The maximum atomic E-state index is 15.0. The Labute approximate surface area is 136 Å². The van der Waals surface area contributed by atoms with Crippen molar-refractivity contribution < 1.29 is 18.6 Å². The minimum Gasteiger partial charge on any atom is -0.494 e. The normalized spacial score (nSPS) is 28.0.